The van der Waals surface area contributed by atoms with Crippen LogP contribution in [0.3, 0.4) is 0 Å². The van der Waals surface area contributed by atoms with Gasteiger partial charge in [-0.3, -0.25) is 10.0 Å². The highest BCUT2D eigenvalue weighted by Gasteiger charge is 2.34. The van der Waals surface area contributed by atoms with Crippen LogP contribution < -0.4 is 5.48 Å². The fourth-order valence-corrected chi connectivity index (χ4v) is 5.91. The van der Waals surface area contributed by atoms with Crippen LogP contribution in [-0.4, -0.2) is 45.6 Å². The van der Waals surface area contributed by atoms with Crippen molar-refractivity contribution in [2.24, 2.45) is 0 Å². The van der Waals surface area contributed by atoms with Crippen molar-refractivity contribution in [3.63, 3.8) is 0 Å². The number of nitrogens with zero attached hydrogens (tertiary/aromatic N) is 2. The Hall–Kier alpha value is -3.22. The molecule has 3 N–H and O–H groups in total. The Labute approximate surface area is 205 Å². The summed E-state index contributed by atoms with van der Waals surface area (Å²) < 4.78 is 0. The van der Waals surface area contributed by atoms with Gasteiger partial charge in [-0.15, -0.1) is 0 Å². The number of rotatable bonds is 6. The van der Waals surface area contributed by atoms with Gasteiger partial charge in [-0.25, -0.2) is 10.5 Å². The van der Waals surface area contributed by atoms with Crippen LogP contribution in [-0.2, 0) is 0 Å². The first kappa shape index (κ1) is 22.3. The van der Waals surface area contributed by atoms with E-state index in [-0.39, 0.29) is 0 Å². The molecule has 1 aliphatic carbocycles. The summed E-state index contributed by atoms with van der Waals surface area (Å²) in [5.41, 5.74) is 8.66. The Morgan fingerprint density at radius 1 is 1.06 bits per heavy atom. The molecule has 4 aromatic rings. The number of hydrogen-bond donors (Lipinski definition) is 3. The lowest BCUT2D eigenvalue weighted by Gasteiger charge is -2.32. The Balaban J connectivity index is 1.50. The summed E-state index contributed by atoms with van der Waals surface area (Å²) in [7, 11) is 0. The number of benzene rings is 2. The first-order chi connectivity index (χ1) is 17.2. The van der Waals surface area contributed by atoms with E-state index >= 15 is 0 Å². The van der Waals surface area contributed by atoms with Crippen LogP contribution >= 0.6 is 0 Å². The second-order valence-corrected chi connectivity index (χ2v) is 10.1. The molecule has 2 aliphatic rings. The normalized spacial score (nSPS) is 17.3. The van der Waals surface area contributed by atoms with Gasteiger partial charge in [0.2, 0.25) is 0 Å². The first-order valence-corrected chi connectivity index (χ1v) is 12.9. The number of aromatic nitrogens is 2. The molecular weight excluding hydrogens is 436 g/mol. The minimum atomic E-state index is -0.524. The van der Waals surface area contributed by atoms with E-state index in [1.165, 1.54) is 37.1 Å². The summed E-state index contributed by atoms with van der Waals surface area (Å²) in [5.74, 6) is 0.594. The number of fused-ring (bicyclic) bond motifs is 2. The monoisotopic (exact) mass is 468 g/mol. The predicted octanol–water partition coefficient (Wildman–Crippen LogP) is 5.97. The topological polar surface area (TPSA) is 81.2 Å². The van der Waals surface area contributed by atoms with E-state index in [0.29, 0.717) is 17.4 Å². The van der Waals surface area contributed by atoms with Crippen molar-refractivity contribution in [2.45, 2.75) is 50.9 Å². The summed E-state index contributed by atoms with van der Waals surface area (Å²) in [6.45, 7) is 5.70. The molecule has 1 saturated heterocycles. The molecule has 0 unspecified atom stereocenters. The van der Waals surface area contributed by atoms with Gasteiger partial charge < -0.3 is 9.88 Å². The lowest BCUT2D eigenvalue weighted by molar-refractivity contribution is 0.0707. The molecule has 0 spiro atoms. The third kappa shape index (κ3) is 4.01. The standard InChI is InChI=1S/C29H32N4O2/c1-2-15-33-16-13-19(14-17-33)25-27(20-7-8-20)31-24-12-11-23(30-28(24)25)26-21-6-4-3-5-18(21)9-10-22(26)29(34)32-35/h3-6,9-12,19-20,31,35H,2,7-8,13-17H2,1H3,(H,32,34). The Morgan fingerprint density at radius 2 is 1.86 bits per heavy atom. The average molecular weight is 469 g/mol. The molecule has 180 valence electrons. The van der Waals surface area contributed by atoms with E-state index < -0.39 is 5.91 Å². The van der Waals surface area contributed by atoms with Crippen molar-refractivity contribution in [1.82, 2.24) is 20.3 Å². The van der Waals surface area contributed by atoms with Crippen LogP contribution in [0.2, 0.25) is 0 Å². The van der Waals surface area contributed by atoms with E-state index in [2.05, 4.69) is 22.9 Å². The fraction of sp³-hybridized carbons (Fsp3) is 0.379. The summed E-state index contributed by atoms with van der Waals surface area (Å²) in [4.78, 5) is 24.2. The van der Waals surface area contributed by atoms with Crippen LogP contribution in [0, 0.1) is 0 Å². The molecule has 6 heteroatoms. The van der Waals surface area contributed by atoms with Gasteiger partial charge in [0.05, 0.1) is 22.3 Å². The van der Waals surface area contributed by atoms with Crippen LogP contribution in [0.5, 0.6) is 0 Å². The molecule has 3 heterocycles. The second kappa shape index (κ2) is 9.10. The van der Waals surface area contributed by atoms with Crippen molar-refractivity contribution in [3.05, 3.63) is 65.4 Å². The summed E-state index contributed by atoms with van der Waals surface area (Å²) >= 11 is 0. The Morgan fingerprint density at radius 3 is 2.60 bits per heavy atom. The zero-order valence-electron chi connectivity index (χ0n) is 20.2. The Kier molecular flexibility index (Phi) is 5.78. The maximum atomic E-state index is 12.6. The van der Waals surface area contributed by atoms with Crippen LogP contribution in [0.1, 0.15) is 72.5 Å². The van der Waals surface area contributed by atoms with Crippen LogP contribution in [0.15, 0.2) is 48.5 Å². The maximum Gasteiger partial charge on any atom is 0.275 e. The predicted molar refractivity (Wildman–Crippen MR) is 139 cm³/mol. The van der Waals surface area contributed by atoms with Gasteiger partial charge >= 0.3 is 0 Å². The third-order valence-electron chi connectivity index (χ3n) is 7.76. The largest absolute Gasteiger partial charge is 0.357 e. The number of hydrogen-bond acceptors (Lipinski definition) is 4. The summed E-state index contributed by atoms with van der Waals surface area (Å²) in [6.07, 6.45) is 6.00. The van der Waals surface area contributed by atoms with Crippen molar-refractivity contribution in [2.75, 3.05) is 19.6 Å². The molecule has 2 fully saturated rings. The van der Waals surface area contributed by atoms with Gasteiger partial charge in [-0.2, -0.15) is 0 Å². The molecule has 0 bridgehead atoms. The highest BCUT2D eigenvalue weighted by molar-refractivity contribution is 6.09. The lowest BCUT2D eigenvalue weighted by atomic mass is 9.87. The quantitative estimate of drug-likeness (QED) is 0.241. The van der Waals surface area contributed by atoms with Crippen molar-refractivity contribution in [1.29, 1.82) is 0 Å². The molecule has 0 atom stereocenters. The molecule has 6 nitrogen and oxygen atoms in total. The number of piperidine rings is 1. The molecule has 2 aromatic heterocycles. The Bertz CT molecular complexity index is 1400. The number of nitrogens with one attached hydrogen (secondary N) is 2. The third-order valence-corrected chi connectivity index (χ3v) is 7.76. The van der Waals surface area contributed by atoms with Gasteiger partial charge in [-0.05, 0) is 92.5 Å². The van der Waals surface area contributed by atoms with Gasteiger partial charge in [0, 0.05) is 16.8 Å². The number of carbonyl (C=O) groups excluding carboxylic acids is 1. The minimum Gasteiger partial charge on any atom is -0.357 e. The molecule has 35 heavy (non-hydrogen) atoms. The number of likely N-dealkylation sites (tertiary alicyclic amines) is 1. The van der Waals surface area contributed by atoms with E-state index in [9.17, 15) is 10.0 Å². The average Bonchev–Trinajstić information content (AvgIpc) is 3.68. The molecule has 1 amide bonds. The number of carbonyl (C=O) groups is 1. The van der Waals surface area contributed by atoms with Crippen LogP contribution in [0.4, 0.5) is 0 Å². The summed E-state index contributed by atoms with van der Waals surface area (Å²) in [5, 5.41) is 11.4. The van der Waals surface area contributed by atoms with E-state index in [1.807, 2.05) is 41.9 Å². The molecular formula is C29H32N4O2. The number of H-pyrrole nitrogens is 1. The molecule has 6 rings (SSSR count). The van der Waals surface area contributed by atoms with Gasteiger partial charge in [0.15, 0.2) is 0 Å². The number of amides is 1. The van der Waals surface area contributed by atoms with Gasteiger partial charge in [0.25, 0.3) is 5.91 Å². The molecule has 0 radical (unpaired) electrons. The number of hydroxylamine groups is 1. The zero-order valence-corrected chi connectivity index (χ0v) is 20.2. The highest BCUT2D eigenvalue weighted by atomic mass is 16.5. The van der Waals surface area contributed by atoms with Crippen molar-refractivity contribution in [3.8, 4) is 11.3 Å². The highest BCUT2D eigenvalue weighted by Crippen LogP contribution is 2.47. The first-order valence-electron chi connectivity index (χ1n) is 12.9. The molecule has 1 saturated carbocycles. The lowest BCUT2D eigenvalue weighted by Crippen LogP contribution is -2.33. The van der Waals surface area contributed by atoms with Crippen LogP contribution in [0.25, 0.3) is 33.1 Å². The van der Waals surface area contributed by atoms with E-state index in [4.69, 9.17) is 4.98 Å². The summed E-state index contributed by atoms with van der Waals surface area (Å²) in [6, 6.07) is 15.8. The van der Waals surface area contributed by atoms with Gasteiger partial charge in [0.1, 0.15) is 0 Å². The van der Waals surface area contributed by atoms with Crippen molar-refractivity contribution < 1.29 is 10.0 Å². The molecule has 1 aliphatic heterocycles. The van der Waals surface area contributed by atoms with Crippen molar-refractivity contribution >= 4 is 27.7 Å². The number of aromatic amines is 1. The fourth-order valence-electron chi connectivity index (χ4n) is 5.91. The van der Waals surface area contributed by atoms with E-state index in [0.717, 1.165) is 59.0 Å². The van der Waals surface area contributed by atoms with Gasteiger partial charge in [-0.1, -0.05) is 37.3 Å². The zero-order chi connectivity index (χ0) is 23.9. The number of pyridine rings is 1. The minimum absolute atomic E-state index is 0.422. The maximum absolute atomic E-state index is 12.6. The molecule has 2 aromatic carbocycles. The SMILES string of the molecule is CCCN1CCC(c2c(C3CC3)[nH]c3ccc(-c4c(C(=O)NO)ccc5ccccc45)nc23)CC1. The van der Waals surface area contributed by atoms with E-state index in [1.54, 1.807) is 6.07 Å². The second-order valence-electron chi connectivity index (χ2n) is 10.1. The smallest absolute Gasteiger partial charge is 0.275 e.